The SMILES string of the molecule is Cc1nc(C(N)=O)cc(F)c1C(F)F. The molecule has 0 spiro atoms. The Bertz CT molecular complexity index is 356. The van der Waals surface area contributed by atoms with Gasteiger partial charge in [0.2, 0.25) is 0 Å². The molecular weight excluding hydrogens is 197 g/mol. The van der Waals surface area contributed by atoms with Crippen LogP contribution in [0.3, 0.4) is 0 Å². The molecule has 0 unspecified atom stereocenters. The lowest BCUT2D eigenvalue weighted by molar-refractivity contribution is 0.0993. The van der Waals surface area contributed by atoms with Crippen LogP contribution < -0.4 is 5.73 Å². The highest BCUT2D eigenvalue weighted by Gasteiger charge is 2.19. The van der Waals surface area contributed by atoms with Gasteiger partial charge in [0.1, 0.15) is 11.5 Å². The van der Waals surface area contributed by atoms with Crippen LogP contribution in [0.25, 0.3) is 0 Å². The number of aryl methyl sites for hydroxylation is 1. The first kappa shape index (κ1) is 10.5. The maximum Gasteiger partial charge on any atom is 0.268 e. The van der Waals surface area contributed by atoms with E-state index in [9.17, 15) is 18.0 Å². The molecule has 3 nitrogen and oxygen atoms in total. The van der Waals surface area contributed by atoms with E-state index in [1.54, 1.807) is 0 Å². The first-order valence-corrected chi connectivity index (χ1v) is 3.68. The van der Waals surface area contributed by atoms with Crippen molar-refractivity contribution in [1.82, 2.24) is 4.98 Å². The molecule has 0 saturated carbocycles. The Morgan fingerprint density at radius 3 is 2.50 bits per heavy atom. The summed E-state index contributed by atoms with van der Waals surface area (Å²) in [5.74, 6) is -2.12. The number of pyridine rings is 1. The normalized spacial score (nSPS) is 10.6. The van der Waals surface area contributed by atoms with Crippen molar-refractivity contribution in [3.8, 4) is 0 Å². The molecule has 0 fully saturated rings. The molecule has 0 radical (unpaired) electrons. The van der Waals surface area contributed by atoms with Crippen LogP contribution in [0.15, 0.2) is 6.07 Å². The zero-order valence-corrected chi connectivity index (χ0v) is 7.22. The van der Waals surface area contributed by atoms with E-state index in [4.69, 9.17) is 5.73 Å². The molecule has 1 amide bonds. The zero-order chi connectivity index (χ0) is 10.9. The number of nitrogens with zero attached hydrogens (tertiary/aromatic N) is 1. The molecule has 0 aliphatic carbocycles. The topological polar surface area (TPSA) is 56.0 Å². The van der Waals surface area contributed by atoms with E-state index in [0.29, 0.717) is 6.07 Å². The van der Waals surface area contributed by atoms with Crippen molar-refractivity contribution in [1.29, 1.82) is 0 Å². The predicted molar refractivity (Wildman–Crippen MR) is 42.4 cm³/mol. The zero-order valence-electron chi connectivity index (χ0n) is 7.22. The average Bonchev–Trinajstić information content (AvgIpc) is 2.01. The quantitative estimate of drug-likeness (QED) is 0.794. The maximum absolute atomic E-state index is 13.0. The van der Waals surface area contributed by atoms with Gasteiger partial charge in [-0.1, -0.05) is 0 Å². The minimum atomic E-state index is -2.95. The van der Waals surface area contributed by atoms with Crippen molar-refractivity contribution in [2.75, 3.05) is 0 Å². The van der Waals surface area contributed by atoms with E-state index in [1.165, 1.54) is 6.92 Å². The molecule has 1 aromatic rings. The van der Waals surface area contributed by atoms with Crippen LogP contribution in [0.4, 0.5) is 13.2 Å². The second-order valence-corrected chi connectivity index (χ2v) is 2.65. The van der Waals surface area contributed by atoms with Crippen molar-refractivity contribution in [3.63, 3.8) is 0 Å². The van der Waals surface area contributed by atoms with E-state index >= 15 is 0 Å². The van der Waals surface area contributed by atoms with Gasteiger partial charge in [0.25, 0.3) is 12.3 Å². The monoisotopic (exact) mass is 204 g/mol. The molecule has 0 aromatic carbocycles. The van der Waals surface area contributed by atoms with Crippen LogP contribution >= 0.6 is 0 Å². The van der Waals surface area contributed by atoms with Crippen LogP contribution in [0.2, 0.25) is 0 Å². The summed E-state index contributed by atoms with van der Waals surface area (Å²) in [6.45, 7) is 1.19. The van der Waals surface area contributed by atoms with Crippen LogP contribution in [-0.2, 0) is 0 Å². The van der Waals surface area contributed by atoms with E-state index in [2.05, 4.69) is 4.98 Å². The number of nitrogens with two attached hydrogens (primary N) is 1. The number of rotatable bonds is 2. The van der Waals surface area contributed by atoms with Crippen LogP contribution in [-0.4, -0.2) is 10.9 Å². The molecule has 1 aromatic heterocycles. The third-order valence-electron chi connectivity index (χ3n) is 1.67. The highest BCUT2D eigenvalue weighted by Crippen LogP contribution is 2.24. The minimum Gasteiger partial charge on any atom is -0.364 e. The van der Waals surface area contributed by atoms with E-state index in [0.717, 1.165) is 0 Å². The van der Waals surface area contributed by atoms with Crippen LogP contribution in [0.1, 0.15) is 28.2 Å². The number of carbonyl (C=O) groups is 1. The van der Waals surface area contributed by atoms with Crippen molar-refractivity contribution < 1.29 is 18.0 Å². The van der Waals surface area contributed by atoms with E-state index < -0.39 is 23.7 Å². The van der Waals surface area contributed by atoms with Crippen molar-refractivity contribution in [2.24, 2.45) is 5.73 Å². The first-order valence-electron chi connectivity index (χ1n) is 3.68. The number of amides is 1. The van der Waals surface area contributed by atoms with Gasteiger partial charge in [0.15, 0.2) is 0 Å². The average molecular weight is 204 g/mol. The summed E-state index contributed by atoms with van der Waals surface area (Å²) in [7, 11) is 0. The molecule has 0 aliphatic rings. The summed E-state index contributed by atoms with van der Waals surface area (Å²) in [6, 6.07) is 0.608. The number of aromatic nitrogens is 1. The smallest absolute Gasteiger partial charge is 0.268 e. The molecular formula is C8H7F3N2O. The van der Waals surface area contributed by atoms with Gasteiger partial charge < -0.3 is 5.73 Å². The fraction of sp³-hybridized carbons (Fsp3) is 0.250. The van der Waals surface area contributed by atoms with Gasteiger partial charge >= 0.3 is 0 Å². The van der Waals surface area contributed by atoms with Gasteiger partial charge in [0.05, 0.1) is 11.3 Å². The van der Waals surface area contributed by atoms with Crippen molar-refractivity contribution >= 4 is 5.91 Å². The molecule has 76 valence electrons. The maximum atomic E-state index is 13.0. The van der Waals surface area contributed by atoms with Gasteiger partial charge in [0, 0.05) is 6.07 Å². The summed E-state index contributed by atoms with van der Waals surface area (Å²) < 4.78 is 37.4. The van der Waals surface area contributed by atoms with Gasteiger partial charge in [-0.2, -0.15) is 0 Å². The molecule has 14 heavy (non-hydrogen) atoms. The molecule has 0 atom stereocenters. The lowest BCUT2D eigenvalue weighted by atomic mass is 10.1. The second kappa shape index (κ2) is 3.65. The largest absolute Gasteiger partial charge is 0.364 e. The summed E-state index contributed by atoms with van der Waals surface area (Å²) in [6.07, 6.45) is -2.95. The molecule has 0 aliphatic heterocycles. The third kappa shape index (κ3) is 1.84. The molecule has 2 N–H and O–H groups in total. The Labute approximate surface area is 77.7 Å². The number of primary amides is 1. The molecule has 0 saturated heterocycles. The van der Waals surface area contributed by atoms with Gasteiger partial charge in [-0.25, -0.2) is 18.2 Å². The van der Waals surface area contributed by atoms with Crippen LogP contribution in [0, 0.1) is 12.7 Å². The standard InChI is InChI=1S/C8H7F3N2O/c1-3-6(7(10)11)4(9)2-5(13-3)8(12)14/h2,7H,1H3,(H2,12,14). The van der Waals surface area contributed by atoms with Gasteiger partial charge in [-0.3, -0.25) is 4.79 Å². The lowest BCUT2D eigenvalue weighted by Gasteiger charge is -2.06. The number of hydrogen-bond acceptors (Lipinski definition) is 2. The summed E-state index contributed by atoms with van der Waals surface area (Å²) in [4.78, 5) is 14.1. The van der Waals surface area contributed by atoms with Crippen molar-refractivity contribution in [2.45, 2.75) is 13.3 Å². The molecule has 0 bridgehead atoms. The van der Waals surface area contributed by atoms with Gasteiger partial charge in [-0.05, 0) is 6.92 Å². The Morgan fingerprint density at radius 2 is 2.14 bits per heavy atom. The summed E-state index contributed by atoms with van der Waals surface area (Å²) in [5.41, 5.74) is 3.44. The highest BCUT2D eigenvalue weighted by molar-refractivity contribution is 5.90. The Morgan fingerprint density at radius 1 is 1.57 bits per heavy atom. The second-order valence-electron chi connectivity index (χ2n) is 2.65. The number of halogens is 3. The minimum absolute atomic E-state index is 0.228. The Balaban J connectivity index is 3.32. The summed E-state index contributed by atoms with van der Waals surface area (Å²) >= 11 is 0. The number of carbonyl (C=O) groups excluding carboxylic acids is 1. The fourth-order valence-corrected chi connectivity index (χ4v) is 1.03. The third-order valence-corrected chi connectivity index (χ3v) is 1.67. The van der Waals surface area contributed by atoms with Crippen LogP contribution in [0.5, 0.6) is 0 Å². The first-order chi connectivity index (χ1) is 6.43. The molecule has 6 heteroatoms. The Kier molecular flexibility index (Phi) is 2.73. The number of alkyl halides is 2. The molecule has 1 heterocycles. The van der Waals surface area contributed by atoms with Gasteiger partial charge in [-0.15, -0.1) is 0 Å². The van der Waals surface area contributed by atoms with E-state index in [-0.39, 0.29) is 11.4 Å². The highest BCUT2D eigenvalue weighted by atomic mass is 19.3. The predicted octanol–water partition coefficient (Wildman–Crippen LogP) is 1.57. The summed E-state index contributed by atoms with van der Waals surface area (Å²) in [5, 5.41) is 0. The Hall–Kier alpha value is -1.59. The van der Waals surface area contributed by atoms with Crippen molar-refractivity contribution in [3.05, 3.63) is 28.8 Å². The lowest BCUT2D eigenvalue weighted by Crippen LogP contribution is -2.15. The number of hydrogen-bond donors (Lipinski definition) is 1. The molecule has 1 rings (SSSR count). The van der Waals surface area contributed by atoms with E-state index in [1.807, 2.05) is 0 Å². The fourth-order valence-electron chi connectivity index (χ4n) is 1.03.